The van der Waals surface area contributed by atoms with Crippen molar-refractivity contribution >= 4 is 12.2 Å². The molecule has 0 fully saturated rings. The summed E-state index contributed by atoms with van der Waals surface area (Å²) in [5.74, 6) is 0.879. The third kappa shape index (κ3) is 4.78. The van der Waals surface area contributed by atoms with Crippen molar-refractivity contribution in [1.29, 1.82) is 0 Å². The van der Waals surface area contributed by atoms with Gasteiger partial charge in [0, 0.05) is 12.1 Å². The van der Waals surface area contributed by atoms with Crippen LogP contribution in [0.2, 0.25) is 0 Å². The first-order chi connectivity index (χ1) is 10.7. The maximum Gasteiger partial charge on any atom is 0.199 e. The van der Waals surface area contributed by atoms with Crippen molar-refractivity contribution in [3.8, 4) is 5.69 Å². The topological polar surface area (TPSA) is 53.8 Å². The van der Waals surface area contributed by atoms with Crippen LogP contribution in [-0.4, -0.2) is 26.0 Å². The Kier molecular flexibility index (Phi) is 6.80. The second kappa shape index (κ2) is 8.86. The molecule has 0 aliphatic heterocycles. The summed E-state index contributed by atoms with van der Waals surface area (Å²) in [6.07, 6.45) is 6.83. The highest BCUT2D eigenvalue weighted by molar-refractivity contribution is 7.71. The molecule has 22 heavy (non-hydrogen) atoms. The lowest BCUT2D eigenvalue weighted by molar-refractivity contribution is 0.150. The van der Waals surface area contributed by atoms with Gasteiger partial charge in [0.2, 0.25) is 0 Å². The molecule has 120 valence electrons. The standard InChI is InChI=1S/C17H25N3OS/c1-2-3-4-8-11-15(21)12-13-16-18-19-17(22)20(16)14-9-6-5-7-10-14/h5-7,9-10,15,21H,2-4,8,11-13H2,1H3,(H,19,22)/t15-/m1/s1. The number of aromatic amines is 1. The monoisotopic (exact) mass is 319 g/mol. The molecule has 1 heterocycles. The van der Waals surface area contributed by atoms with Crippen molar-refractivity contribution in [3.05, 3.63) is 40.9 Å². The number of para-hydroxylation sites is 1. The molecule has 0 aliphatic carbocycles. The van der Waals surface area contributed by atoms with E-state index in [1.165, 1.54) is 19.3 Å². The molecular weight excluding hydrogens is 294 g/mol. The molecule has 0 unspecified atom stereocenters. The largest absolute Gasteiger partial charge is 0.393 e. The van der Waals surface area contributed by atoms with E-state index in [0.29, 0.717) is 4.77 Å². The van der Waals surface area contributed by atoms with Crippen LogP contribution in [0.1, 0.15) is 51.3 Å². The molecular formula is C17H25N3OS. The van der Waals surface area contributed by atoms with Crippen LogP contribution in [0.25, 0.3) is 5.69 Å². The van der Waals surface area contributed by atoms with Gasteiger partial charge in [-0.25, -0.2) is 0 Å². The van der Waals surface area contributed by atoms with Crippen LogP contribution >= 0.6 is 12.2 Å². The molecule has 2 N–H and O–H groups in total. The normalized spacial score (nSPS) is 12.5. The molecule has 1 aromatic heterocycles. The van der Waals surface area contributed by atoms with E-state index in [1.807, 2.05) is 34.9 Å². The number of benzene rings is 1. The average Bonchev–Trinajstić information content (AvgIpc) is 2.91. The highest BCUT2D eigenvalue weighted by Crippen LogP contribution is 2.14. The number of aromatic nitrogens is 3. The number of nitrogens with one attached hydrogen (secondary N) is 1. The lowest BCUT2D eigenvalue weighted by Crippen LogP contribution is -2.10. The quantitative estimate of drug-likeness (QED) is 0.538. The van der Waals surface area contributed by atoms with Crippen LogP contribution in [-0.2, 0) is 6.42 Å². The van der Waals surface area contributed by atoms with Crippen molar-refractivity contribution in [2.24, 2.45) is 0 Å². The van der Waals surface area contributed by atoms with E-state index in [-0.39, 0.29) is 6.10 Å². The fourth-order valence-electron chi connectivity index (χ4n) is 2.59. The maximum atomic E-state index is 10.1. The van der Waals surface area contributed by atoms with Gasteiger partial charge in [-0.3, -0.25) is 9.67 Å². The van der Waals surface area contributed by atoms with E-state index in [9.17, 15) is 5.11 Å². The van der Waals surface area contributed by atoms with Crippen LogP contribution in [0.15, 0.2) is 30.3 Å². The molecule has 4 nitrogen and oxygen atoms in total. The van der Waals surface area contributed by atoms with Crippen molar-refractivity contribution in [2.45, 2.75) is 58.0 Å². The van der Waals surface area contributed by atoms with Gasteiger partial charge in [0.1, 0.15) is 5.82 Å². The number of H-pyrrole nitrogens is 1. The smallest absolute Gasteiger partial charge is 0.199 e. The SMILES string of the molecule is CCCCCC[C@@H](O)CCc1n[nH]c(=S)n1-c1ccccc1. The van der Waals surface area contributed by atoms with Gasteiger partial charge in [0.25, 0.3) is 0 Å². The number of aliphatic hydroxyl groups excluding tert-OH is 1. The molecule has 0 bridgehead atoms. The second-order valence-electron chi connectivity index (χ2n) is 5.66. The van der Waals surface area contributed by atoms with E-state index in [4.69, 9.17) is 12.2 Å². The Morgan fingerprint density at radius 1 is 1.18 bits per heavy atom. The number of aliphatic hydroxyl groups is 1. The zero-order valence-corrected chi connectivity index (χ0v) is 14.0. The number of aryl methyl sites for hydroxylation is 1. The van der Waals surface area contributed by atoms with Crippen molar-refractivity contribution in [1.82, 2.24) is 14.8 Å². The predicted octanol–water partition coefficient (Wildman–Crippen LogP) is 4.19. The Balaban J connectivity index is 1.93. The zero-order valence-electron chi connectivity index (χ0n) is 13.2. The van der Waals surface area contributed by atoms with Crippen LogP contribution in [0.4, 0.5) is 0 Å². The Labute approximate surface area is 137 Å². The number of hydrogen-bond donors (Lipinski definition) is 2. The molecule has 0 saturated carbocycles. The van der Waals surface area contributed by atoms with E-state index in [1.54, 1.807) is 0 Å². The van der Waals surface area contributed by atoms with Gasteiger partial charge >= 0.3 is 0 Å². The Bertz CT molecular complexity index is 606. The molecule has 0 aliphatic rings. The molecule has 5 heteroatoms. The van der Waals surface area contributed by atoms with Crippen LogP contribution in [0, 0.1) is 4.77 Å². The van der Waals surface area contributed by atoms with Crippen molar-refractivity contribution < 1.29 is 5.11 Å². The molecule has 0 spiro atoms. The number of nitrogens with zero attached hydrogens (tertiary/aromatic N) is 2. The average molecular weight is 319 g/mol. The number of rotatable bonds is 9. The summed E-state index contributed by atoms with van der Waals surface area (Å²) in [6, 6.07) is 9.96. The van der Waals surface area contributed by atoms with Crippen LogP contribution in [0.3, 0.4) is 0 Å². The third-order valence-electron chi connectivity index (χ3n) is 3.85. The molecule has 0 radical (unpaired) electrons. The molecule has 1 aromatic carbocycles. The van der Waals surface area contributed by atoms with E-state index in [2.05, 4.69) is 17.1 Å². The first kappa shape index (κ1) is 16.9. The first-order valence-corrected chi connectivity index (χ1v) is 8.53. The van der Waals surface area contributed by atoms with E-state index in [0.717, 1.165) is 37.2 Å². The molecule has 0 amide bonds. The van der Waals surface area contributed by atoms with Gasteiger partial charge < -0.3 is 5.11 Å². The fourth-order valence-corrected chi connectivity index (χ4v) is 2.84. The van der Waals surface area contributed by atoms with Gasteiger partial charge in [0.15, 0.2) is 4.77 Å². The summed E-state index contributed by atoms with van der Waals surface area (Å²) in [7, 11) is 0. The fraction of sp³-hybridized carbons (Fsp3) is 0.529. The van der Waals surface area contributed by atoms with Crippen molar-refractivity contribution in [3.63, 3.8) is 0 Å². The number of unbranched alkanes of at least 4 members (excludes halogenated alkanes) is 3. The third-order valence-corrected chi connectivity index (χ3v) is 4.12. The Morgan fingerprint density at radius 3 is 2.68 bits per heavy atom. The number of hydrogen-bond acceptors (Lipinski definition) is 3. The van der Waals surface area contributed by atoms with Gasteiger partial charge in [-0.1, -0.05) is 50.8 Å². The lowest BCUT2D eigenvalue weighted by atomic mass is 10.1. The van der Waals surface area contributed by atoms with E-state index < -0.39 is 0 Å². The van der Waals surface area contributed by atoms with Crippen LogP contribution < -0.4 is 0 Å². The maximum absolute atomic E-state index is 10.1. The summed E-state index contributed by atoms with van der Waals surface area (Å²) in [6.45, 7) is 2.20. The molecule has 0 saturated heterocycles. The highest BCUT2D eigenvalue weighted by Gasteiger charge is 2.11. The molecule has 2 rings (SSSR count). The summed E-state index contributed by atoms with van der Waals surface area (Å²) < 4.78 is 2.54. The van der Waals surface area contributed by atoms with Crippen LogP contribution in [0.5, 0.6) is 0 Å². The minimum Gasteiger partial charge on any atom is -0.393 e. The highest BCUT2D eigenvalue weighted by atomic mass is 32.1. The van der Waals surface area contributed by atoms with Crippen molar-refractivity contribution in [2.75, 3.05) is 0 Å². The van der Waals surface area contributed by atoms with Gasteiger partial charge in [-0.05, 0) is 37.2 Å². The zero-order chi connectivity index (χ0) is 15.8. The van der Waals surface area contributed by atoms with Gasteiger partial charge in [0.05, 0.1) is 6.10 Å². The lowest BCUT2D eigenvalue weighted by Gasteiger charge is -2.11. The summed E-state index contributed by atoms with van der Waals surface area (Å²) in [5.41, 5.74) is 1.01. The predicted molar refractivity (Wildman–Crippen MR) is 91.8 cm³/mol. The van der Waals surface area contributed by atoms with Gasteiger partial charge in [-0.15, -0.1) is 0 Å². The summed E-state index contributed by atoms with van der Waals surface area (Å²) in [4.78, 5) is 0. The minimum atomic E-state index is -0.258. The van der Waals surface area contributed by atoms with E-state index >= 15 is 0 Å². The second-order valence-corrected chi connectivity index (χ2v) is 6.04. The first-order valence-electron chi connectivity index (χ1n) is 8.12. The Hall–Kier alpha value is -1.46. The minimum absolute atomic E-state index is 0.258. The Morgan fingerprint density at radius 2 is 1.95 bits per heavy atom. The van der Waals surface area contributed by atoms with Gasteiger partial charge in [-0.2, -0.15) is 5.10 Å². The molecule has 2 aromatic rings. The molecule has 1 atom stereocenters. The summed E-state index contributed by atoms with van der Waals surface area (Å²) >= 11 is 5.32. The summed E-state index contributed by atoms with van der Waals surface area (Å²) in [5, 5.41) is 17.3.